The maximum absolute atomic E-state index is 13.1. The molecule has 2 amide bonds. The molecular formula is C30H27F3N2O4. The van der Waals surface area contributed by atoms with Gasteiger partial charge in [0.1, 0.15) is 11.9 Å². The Labute approximate surface area is 223 Å². The summed E-state index contributed by atoms with van der Waals surface area (Å²) in [5.74, 6) is -0.366. The average molecular weight is 537 g/mol. The maximum atomic E-state index is 13.1. The number of alkyl halides is 3. The zero-order valence-electron chi connectivity index (χ0n) is 21.3. The number of aliphatic hydroxyl groups excluding tert-OH is 1. The molecule has 1 heterocycles. The number of aliphatic hydroxyl groups is 1. The molecule has 0 spiro atoms. The summed E-state index contributed by atoms with van der Waals surface area (Å²) in [4.78, 5) is 24.4. The smallest absolute Gasteiger partial charge is 0.416 e. The minimum absolute atomic E-state index is 0.0636. The number of amides is 2. The van der Waals surface area contributed by atoms with Crippen molar-refractivity contribution in [1.29, 1.82) is 0 Å². The largest absolute Gasteiger partial charge is 0.491 e. The number of hydrogen-bond donors (Lipinski definition) is 3. The molecule has 202 valence electrons. The molecule has 1 aliphatic rings. The molecule has 0 saturated carbocycles. The highest BCUT2D eigenvalue weighted by Gasteiger charge is 2.30. The molecule has 39 heavy (non-hydrogen) atoms. The molecule has 3 N–H and O–H groups in total. The van der Waals surface area contributed by atoms with Gasteiger partial charge in [0.25, 0.3) is 5.91 Å². The summed E-state index contributed by atoms with van der Waals surface area (Å²) >= 11 is 0. The van der Waals surface area contributed by atoms with E-state index in [4.69, 9.17) is 4.74 Å². The van der Waals surface area contributed by atoms with Gasteiger partial charge in [-0.2, -0.15) is 13.2 Å². The molecule has 0 aliphatic carbocycles. The van der Waals surface area contributed by atoms with Gasteiger partial charge in [0.05, 0.1) is 11.7 Å². The van der Waals surface area contributed by atoms with Crippen molar-refractivity contribution in [2.24, 2.45) is 0 Å². The molecule has 3 aromatic rings. The van der Waals surface area contributed by atoms with Crippen molar-refractivity contribution in [3.8, 4) is 5.75 Å². The Hall–Kier alpha value is -4.37. The zero-order valence-corrected chi connectivity index (χ0v) is 21.3. The number of halogens is 3. The number of rotatable bonds is 7. The normalized spacial score (nSPS) is 15.7. The summed E-state index contributed by atoms with van der Waals surface area (Å²) < 4.78 is 45.1. The van der Waals surface area contributed by atoms with E-state index in [9.17, 15) is 27.9 Å². The number of hydrogen-bond acceptors (Lipinski definition) is 4. The Morgan fingerprint density at radius 1 is 1.08 bits per heavy atom. The highest BCUT2D eigenvalue weighted by atomic mass is 19.4. The molecule has 0 saturated heterocycles. The van der Waals surface area contributed by atoms with Crippen molar-refractivity contribution in [2.45, 2.75) is 38.7 Å². The van der Waals surface area contributed by atoms with E-state index in [1.807, 2.05) is 13.8 Å². The second-order valence-corrected chi connectivity index (χ2v) is 9.24. The third-order valence-electron chi connectivity index (χ3n) is 5.94. The van der Waals surface area contributed by atoms with Crippen LogP contribution in [0.2, 0.25) is 0 Å². The van der Waals surface area contributed by atoms with Gasteiger partial charge >= 0.3 is 6.18 Å². The molecule has 0 aromatic heterocycles. The number of ether oxygens (including phenoxy) is 1. The van der Waals surface area contributed by atoms with Gasteiger partial charge in [-0.25, -0.2) is 0 Å². The molecule has 3 aromatic carbocycles. The van der Waals surface area contributed by atoms with Crippen LogP contribution in [-0.2, 0) is 22.2 Å². The molecule has 0 radical (unpaired) electrons. The number of carbonyl (C=O) groups is 2. The minimum Gasteiger partial charge on any atom is -0.491 e. The average Bonchev–Trinajstić information content (AvgIpc) is 2.87. The third-order valence-corrected chi connectivity index (χ3v) is 5.94. The van der Waals surface area contributed by atoms with Gasteiger partial charge in [-0.05, 0) is 66.9 Å². The van der Waals surface area contributed by atoms with E-state index in [2.05, 4.69) is 10.6 Å². The Balaban J connectivity index is 1.61. The summed E-state index contributed by atoms with van der Waals surface area (Å²) in [5.41, 5.74) is 2.62. The van der Waals surface area contributed by atoms with Crippen molar-refractivity contribution in [3.05, 3.63) is 107 Å². The molecule has 0 fully saturated rings. The predicted octanol–water partition coefficient (Wildman–Crippen LogP) is 5.97. The first-order chi connectivity index (χ1) is 18.5. The van der Waals surface area contributed by atoms with Crippen molar-refractivity contribution in [3.63, 3.8) is 0 Å². The van der Waals surface area contributed by atoms with Crippen LogP contribution in [0.5, 0.6) is 5.75 Å². The molecule has 1 aliphatic heterocycles. The fourth-order valence-corrected chi connectivity index (χ4v) is 4.16. The Morgan fingerprint density at radius 2 is 1.79 bits per heavy atom. The summed E-state index contributed by atoms with van der Waals surface area (Å²) in [6.07, 6.45) is -1.24. The van der Waals surface area contributed by atoms with E-state index in [-0.39, 0.29) is 12.5 Å². The first-order valence-corrected chi connectivity index (χ1v) is 12.3. The lowest BCUT2D eigenvalue weighted by Crippen LogP contribution is -2.34. The van der Waals surface area contributed by atoms with Crippen LogP contribution in [0.1, 0.15) is 36.1 Å². The number of nitrogens with one attached hydrogen (secondary N) is 2. The van der Waals surface area contributed by atoms with Crippen molar-refractivity contribution >= 4 is 28.8 Å². The first kappa shape index (κ1) is 27.7. The van der Waals surface area contributed by atoms with Crippen molar-refractivity contribution < 1.29 is 32.6 Å². The monoisotopic (exact) mass is 536 g/mol. The highest BCUT2D eigenvalue weighted by molar-refractivity contribution is 6.03. The summed E-state index contributed by atoms with van der Waals surface area (Å²) in [6.45, 7) is 3.78. The number of benzene rings is 3. The first-order valence-electron chi connectivity index (χ1n) is 12.3. The van der Waals surface area contributed by atoms with E-state index in [0.29, 0.717) is 39.4 Å². The Morgan fingerprint density at radius 3 is 2.49 bits per heavy atom. The van der Waals surface area contributed by atoms with Crippen LogP contribution in [-0.4, -0.2) is 29.1 Å². The maximum Gasteiger partial charge on any atom is 0.416 e. The number of carbonyl (C=O) groups excluding carboxylic acids is 2. The lowest BCUT2D eigenvalue weighted by atomic mass is 9.96. The molecule has 6 nitrogen and oxygen atoms in total. The van der Waals surface area contributed by atoms with Gasteiger partial charge in [-0.3, -0.25) is 9.59 Å². The Bertz CT molecular complexity index is 1430. The topological polar surface area (TPSA) is 87.7 Å². The SMILES string of the molecule is CC(C)Oc1cccc(C(=CC=CC(=O)Nc2cccc3c2CC(O)C(=O)N3)c2ccc(C(F)(F)F)cc2)c1. The summed E-state index contributed by atoms with van der Waals surface area (Å²) in [7, 11) is 0. The van der Waals surface area contributed by atoms with Crippen molar-refractivity contribution in [2.75, 3.05) is 10.6 Å². The van der Waals surface area contributed by atoms with Gasteiger partial charge in [0.2, 0.25) is 5.91 Å². The summed E-state index contributed by atoms with van der Waals surface area (Å²) in [6, 6.07) is 17.0. The van der Waals surface area contributed by atoms with Crippen LogP contribution in [0.3, 0.4) is 0 Å². The van der Waals surface area contributed by atoms with E-state index >= 15 is 0 Å². The van der Waals surface area contributed by atoms with Gasteiger partial charge in [-0.1, -0.05) is 42.5 Å². The van der Waals surface area contributed by atoms with Gasteiger partial charge in [0.15, 0.2) is 0 Å². The molecule has 1 unspecified atom stereocenters. The van der Waals surface area contributed by atoms with Crippen LogP contribution in [0.4, 0.5) is 24.5 Å². The number of fused-ring (bicyclic) bond motifs is 1. The second-order valence-electron chi connectivity index (χ2n) is 9.24. The van der Waals surface area contributed by atoms with Crippen LogP contribution >= 0.6 is 0 Å². The quantitative estimate of drug-likeness (QED) is 0.256. The standard InChI is InChI=1S/C30H27F3N2O4/c1-18(2)39-22-7-3-6-20(16-22)23(19-12-14-21(15-13-19)30(31,32)33)8-4-11-28(37)34-25-9-5-10-26-24(25)17-27(36)29(38)35-26/h3-16,18,27,36H,17H2,1-2H3,(H,34,37)(H,35,38). The fraction of sp³-hybridized carbons (Fsp3) is 0.200. The molecule has 0 bridgehead atoms. The van der Waals surface area contributed by atoms with E-state index in [0.717, 1.165) is 12.1 Å². The zero-order chi connectivity index (χ0) is 28.2. The van der Waals surface area contributed by atoms with E-state index in [1.165, 1.54) is 24.3 Å². The lowest BCUT2D eigenvalue weighted by Gasteiger charge is -2.23. The molecular weight excluding hydrogens is 509 g/mol. The van der Waals surface area contributed by atoms with Crippen LogP contribution in [0.15, 0.2) is 85.0 Å². The molecule has 4 rings (SSSR count). The van der Waals surface area contributed by atoms with Gasteiger partial charge in [0, 0.05) is 29.4 Å². The van der Waals surface area contributed by atoms with Gasteiger partial charge < -0.3 is 20.5 Å². The highest BCUT2D eigenvalue weighted by Crippen LogP contribution is 2.33. The third kappa shape index (κ3) is 6.94. The van der Waals surface area contributed by atoms with Gasteiger partial charge in [-0.15, -0.1) is 0 Å². The van der Waals surface area contributed by atoms with Crippen LogP contribution in [0, 0.1) is 0 Å². The summed E-state index contributed by atoms with van der Waals surface area (Å²) in [5, 5.41) is 15.3. The predicted molar refractivity (Wildman–Crippen MR) is 143 cm³/mol. The van der Waals surface area contributed by atoms with Crippen molar-refractivity contribution in [1.82, 2.24) is 0 Å². The van der Waals surface area contributed by atoms with Crippen LogP contribution < -0.4 is 15.4 Å². The van der Waals surface area contributed by atoms with E-state index < -0.39 is 29.7 Å². The number of allylic oxidation sites excluding steroid dienone is 2. The Kier molecular flexibility index (Phi) is 8.21. The minimum atomic E-state index is -4.46. The van der Waals surface area contributed by atoms with Crippen LogP contribution in [0.25, 0.3) is 5.57 Å². The number of anilines is 2. The lowest BCUT2D eigenvalue weighted by molar-refractivity contribution is -0.137. The second kappa shape index (κ2) is 11.6. The molecule has 1 atom stereocenters. The fourth-order valence-electron chi connectivity index (χ4n) is 4.16. The van der Waals surface area contributed by atoms with E-state index in [1.54, 1.807) is 48.5 Å². The molecule has 9 heteroatoms.